The third-order valence-electron chi connectivity index (χ3n) is 3.74. The van der Waals surface area contributed by atoms with Crippen LogP contribution in [-0.4, -0.2) is 26.7 Å². The Morgan fingerprint density at radius 3 is 2.58 bits per heavy atom. The van der Waals surface area contributed by atoms with Crippen molar-refractivity contribution in [1.82, 2.24) is 0 Å². The highest BCUT2D eigenvalue weighted by atomic mass is 19.2. The summed E-state index contributed by atoms with van der Waals surface area (Å²) in [6, 6.07) is 13.5. The number of rotatable bonds is 5. The molecule has 0 bridgehead atoms. The minimum Gasteiger partial charge on any atom is -0.504 e. The van der Waals surface area contributed by atoms with Crippen LogP contribution in [0.5, 0.6) is 5.75 Å². The first-order chi connectivity index (χ1) is 12.6. The van der Waals surface area contributed by atoms with E-state index in [4.69, 9.17) is 9.39 Å². The third kappa shape index (κ3) is 4.08. The second kappa shape index (κ2) is 7.82. The smallest absolute Gasteiger partial charge is 0.504 e. The molecule has 0 unspecified atom stereocenters. The number of para-hydroxylation sites is 1. The van der Waals surface area contributed by atoms with Crippen LogP contribution in [0.3, 0.4) is 0 Å². The van der Waals surface area contributed by atoms with Gasteiger partial charge in [0.15, 0.2) is 0 Å². The van der Waals surface area contributed by atoms with Gasteiger partial charge in [-0.3, -0.25) is 9.79 Å². The largest absolute Gasteiger partial charge is 0.796 e. The van der Waals surface area contributed by atoms with E-state index in [9.17, 15) is 13.4 Å². The topological polar surface area (TPSA) is 59.9 Å². The first-order valence-corrected chi connectivity index (χ1v) is 7.82. The van der Waals surface area contributed by atoms with E-state index in [1.54, 1.807) is 55.6 Å². The fourth-order valence-corrected chi connectivity index (χ4v) is 2.56. The summed E-state index contributed by atoms with van der Waals surface area (Å²) in [5.41, 5.74) is 1.66. The molecule has 1 N–H and O–H groups in total. The molecular weight excluding hydrogens is 341 g/mol. The summed E-state index contributed by atoms with van der Waals surface area (Å²) in [4.78, 5) is 16.4. The number of methoxy groups -OCH3 is 1. The monoisotopic (exact) mass is 356 g/mol. The van der Waals surface area contributed by atoms with Gasteiger partial charge in [-0.1, -0.05) is 12.1 Å². The van der Waals surface area contributed by atoms with Gasteiger partial charge in [-0.25, -0.2) is 8.63 Å². The number of hydrogen-bond donors (Lipinski definition) is 1. The lowest BCUT2D eigenvalue weighted by Crippen LogP contribution is -2.11. The van der Waals surface area contributed by atoms with E-state index in [-0.39, 0.29) is 23.7 Å². The molecule has 5 nitrogen and oxygen atoms in total. The maximum absolute atomic E-state index is 12.9. The van der Waals surface area contributed by atoms with Crippen LogP contribution in [0.25, 0.3) is 5.76 Å². The number of anilines is 1. The standard InChI is InChI=1S/C18H15BF2N2O3/c1-25-14-8-6-13(7-9-14)22-11-12-10-17(24)23-16-5-3-2-4-15(16)18(12)26-19(20)21/h2-9,11H,10H2,1H3,(H,23,24). The molecular formula is C18H15BF2N2O3. The van der Waals surface area contributed by atoms with Crippen LogP contribution in [0.4, 0.5) is 20.0 Å². The van der Waals surface area contributed by atoms with Crippen molar-refractivity contribution in [3.8, 4) is 5.75 Å². The lowest BCUT2D eigenvalue weighted by atomic mass is 10.1. The van der Waals surface area contributed by atoms with Crippen molar-refractivity contribution in [2.24, 2.45) is 4.99 Å². The summed E-state index contributed by atoms with van der Waals surface area (Å²) in [6.07, 6.45) is 1.25. The van der Waals surface area contributed by atoms with Gasteiger partial charge in [0, 0.05) is 17.4 Å². The molecule has 2 aromatic carbocycles. The number of benzene rings is 2. The zero-order valence-corrected chi connectivity index (χ0v) is 13.9. The van der Waals surface area contributed by atoms with Gasteiger partial charge < -0.3 is 14.7 Å². The summed E-state index contributed by atoms with van der Waals surface area (Å²) in [5.74, 6) is 0.278. The van der Waals surface area contributed by atoms with Crippen molar-refractivity contribution in [3.05, 3.63) is 59.7 Å². The molecule has 0 radical (unpaired) electrons. The minimum absolute atomic E-state index is 0.0637. The van der Waals surface area contributed by atoms with Crippen molar-refractivity contribution in [2.45, 2.75) is 6.42 Å². The maximum atomic E-state index is 12.9. The average Bonchev–Trinajstić information content (AvgIpc) is 2.76. The van der Waals surface area contributed by atoms with Crippen LogP contribution in [0, 0.1) is 0 Å². The fourth-order valence-electron chi connectivity index (χ4n) is 2.56. The second-order valence-electron chi connectivity index (χ2n) is 5.46. The minimum atomic E-state index is -3.02. The number of amides is 1. The van der Waals surface area contributed by atoms with Crippen LogP contribution in [-0.2, 0) is 9.45 Å². The molecule has 1 heterocycles. The summed E-state index contributed by atoms with van der Waals surface area (Å²) >= 11 is 0. The van der Waals surface area contributed by atoms with Crippen molar-refractivity contribution in [3.63, 3.8) is 0 Å². The normalized spacial score (nSPS) is 13.9. The van der Waals surface area contributed by atoms with E-state index >= 15 is 0 Å². The van der Waals surface area contributed by atoms with Crippen molar-refractivity contribution in [2.75, 3.05) is 12.4 Å². The van der Waals surface area contributed by atoms with E-state index in [0.29, 0.717) is 22.7 Å². The van der Waals surface area contributed by atoms with Crippen LogP contribution < -0.4 is 10.1 Å². The number of nitrogens with zero attached hydrogens (tertiary/aromatic N) is 1. The van der Waals surface area contributed by atoms with E-state index in [2.05, 4.69) is 10.3 Å². The van der Waals surface area contributed by atoms with Crippen LogP contribution >= 0.6 is 0 Å². The Hall–Kier alpha value is -3.16. The molecule has 0 saturated carbocycles. The third-order valence-corrected chi connectivity index (χ3v) is 3.74. The van der Waals surface area contributed by atoms with Gasteiger partial charge in [-0.05, 0) is 36.4 Å². The number of carbonyl (C=O) groups excluding carboxylic acids is 1. The molecule has 1 aliphatic rings. The fraction of sp³-hybridized carbons (Fsp3) is 0.111. The molecule has 0 atom stereocenters. The Morgan fingerprint density at radius 2 is 1.88 bits per heavy atom. The van der Waals surface area contributed by atoms with Crippen molar-refractivity contribution in [1.29, 1.82) is 0 Å². The molecule has 2 aromatic rings. The molecule has 132 valence electrons. The number of ether oxygens (including phenoxy) is 1. The highest BCUT2D eigenvalue weighted by molar-refractivity contribution is 6.36. The van der Waals surface area contributed by atoms with Crippen LogP contribution in [0.2, 0.25) is 0 Å². The first kappa shape index (κ1) is 17.7. The number of hydrogen-bond acceptors (Lipinski definition) is 4. The zero-order chi connectivity index (χ0) is 18.5. The molecule has 0 saturated heterocycles. The Bertz CT molecular complexity index is 867. The highest BCUT2D eigenvalue weighted by Gasteiger charge is 2.27. The molecule has 0 fully saturated rings. The molecule has 1 aliphatic heterocycles. The lowest BCUT2D eigenvalue weighted by molar-refractivity contribution is -0.115. The quantitative estimate of drug-likeness (QED) is 0.648. The number of aliphatic imine (C=N–C) groups is 1. The van der Waals surface area contributed by atoms with Gasteiger partial charge in [0.05, 0.1) is 24.9 Å². The average molecular weight is 356 g/mol. The van der Waals surface area contributed by atoms with Crippen LogP contribution in [0.15, 0.2) is 59.1 Å². The van der Waals surface area contributed by atoms with E-state index in [0.717, 1.165) is 0 Å². The molecule has 26 heavy (non-hydrogen) atoms. The number of nitrogens with one attached hydrogen (secondary N) is 1. The lowest BCUT2D eigenvalue weighted by Gasteiger charge is -2.12. The Balaban J connectivity index is 2.02. The summed E-state index contributed by atoms with van der Waals surface area (Å²) in [5, 5.41) is 2.69. The predicted octanol–water partition coefficient (Wildman–Crippen LogP) is 4.09. The van der Waals surface area contributed by atoms with Gasteiger partial charge in [-0.2, -0.15) is 0 Å². The van der Waals surface area contributed by atoms with Gasteiger partial charge in [0.2, 0.25) is 5.91 Å². The first-order valence-electron chi connectivity index (χ1n) is 7.82. The molecule has 8 heteroatoms. The van der Waals surface area contributed by atoms with E-state index in [1.165, 1.54) is 6.21 Å². The van der Waals surface area contributed by atoms with Gasteiger partial charge in [0.25, 0.3) is 0 Å². The summed E-state index contributed by atoms with van der Waals surface area (Å²) in [7, 11) is -1.46. The van der Waals surface area contributed by atoms with Gasteiger partial charge in [0.1, 0.15) is 11.5 Å². The molecule has 0 aliphatic carbocycles. The van der Waals surface area contributed by atoms with Gasteiger partial charge >= 0.3 is 7.47 Å². The van der Waals surface area contributed by atoms with Gasteiger partial charge in [-0.15, -0.1) is 0 Å². The Morgan fingerprint density at radius 1 is 1.15 bits per heavy atom. The van der Waals surface area contributed by atoms with Crippen LogP contribution in [0.1, 0.15) is 12.0 Å². The number of fused-ring (bicyclic) bond motifs is 1. The number of halogens is 2. The second-order valence-corrected chi connectivity index (χ2v) is 5.46. The molecule has 0 spiro atoms. The number of carbonyl (C=O) groups is 1. The maximum Gasteiger partial charge on any atom is 0.796 e. The zero-order valence-electron chi connectivity index (χ0n) is 13.9. The van der Waals surface area contributed by atoms with E-state index in [1.807, 2.05) is 0 Å². The van der Waals surface area contributed by atoms with E-state index < -0.39 is 7.47 Å². The molecule has 0 aromatic heterocycles. The summed E-state index contributed by atoms with van der Waals surface area (Å²) in [6.45, 7) is 0. The Labute approximate surface area is 149 Å². The van der Waals surface area contributed by atoms with Crippen molar-refractivity contribution >= 4 is 36.7 Å². The Kier molecular flexibility index (Phi) is 5.31. The summed E-state index contributed by atoms with van der Waals surface area (Å²) < 4.78 is 35.7. The SMILES string of the molecule is COc1ccc(N=CC2=C(OB(F)F)c3ccccc3NC(=O)C2)cc1. The molecule has 3 rings (SSSR count). The predicted molar refractivity (Wildman–Crippen MR) is 96.8 cm³/mol. The molecule has 1 amide bonds. The highest BCUT2D eigenvalue weighted by Crippen LogP contribution is 2.32. The van der Waals surface area contributed by atoms with Crippen molar-refractivity contribution < 1.29 is 22.8 Å².